The topological polar surface area (TPSA) is 43.9 Å². The van der Waals surface area contributed by atoms with Crippen molar-refractivity contribution in [3.63, 3.8) is 0 Å². The Kier molecular flexibility index (Phi) is 5.54. The minimum absolute atomic E-state index is 0.318. The van der Waals surface area contributed by atoms with Gasteiger partial charge in [-0.15, -0.1) is 0 Å². The van der Waals surface area contributed by atoms with Crippen LogP contribution >= 0.6 is 0 Å². The molecule has 0 aliphatic carbocycles. The second-order valence-corrected chi connectivity index (χ2v) is 10.2. The van der Waals surface area contributed by atoms with E-state index in [2.05, 4.69) is 43.0 Å². The van der Waals surface area contributed by atoms with Crippen molar-refractivity contribution in [1.29, 1.82) is 0 Å². The molecule has 3 fully saturated rings. The SMILES string of the molecule is CC(C)c1ccc(CN2C[C@H]3CC[C@@H]2CN(S(=O)(=O)N(C)C)C3)cc1. The molecule has 0 unspecified atom stereocenters. The highest BCUT2D eigenvalue weighted by molar-refractivity contribution is 7.86. The molecule has 0 radical (unpaired) electrons. The Bertz CT molecular complexity index is 685. The van der Waals surface area contributed by atoms with Gasteiger partial charge in [-0.1, -0.05) is 38.1 Å². The van der Waals surface area contributed by atoms with Gasteiger partial charge >= 0.3 is 0 Å². The maximum Gasteiger partial charge on any atom is 0.281 e. The first-order chi connectivity index (χ1) is 11.8. The molecule has 5 nitrogen and oxygen atoms in total. The quantitative estimate of drug-likeness (QED) is 0.805. The summed E-state index contributed by atoms with van der Waals surface area (Å²) >= 11 is 0. The molecule has 3 aliphatic rings. The zero-order chi connectivity index (χ0) is 18.2. The largest absolute Gasteiger partial charge is 0.294 e. The van der Waals surface area contributed by atoms with E-state index in [0.29, 0.717) is 31.0 Å². The zero-order valence-electron chi connectivity index (χ0n) is 15.9. The number of fused-ring (bicyclic) bond motifs is 4. The Labute approximate surface area is 152 Å². The van der Waals surface area contributed by atoms with Gasteiger partial charge in [0.2, 0.25) is 0 Å². The lowest BCUT2D eigenvalue weighted by Crippen LogP contribution is -2.45. The first-order valence-electron chi connectivity index (χ1n) is 9.28. The Morgan fingerprint density at radius 3 is 2.36 bits per heavy atom. The molecule has 0 saturated carbocycles. The number of piperidine rings is 1. The second-order valence-electron chi connectivity index (χ2n) is 8.03. The van der Waals surface area contributed by atoms with E-state index in [1.165, 1.54) is 15.4 Å². The van der Waals surface area contributed by atoms with Crippen LogP contribution in [0.5, 0.6) is 0 Å². The predicted molar refractivity (Wildman–Crippen MR) is 102 cm³/mol. The molecule has 1 aromatic carbocycles. The van der Waals surface area contributed by atoms with Gasteiger partial charge in [-0.05, 0) is 35.8 Å². The van der Waals surface area contributed by atoms with Crippen LogP contribution in [0.15, 0.2) is 24.3 Å². The molecule has 3 heterocycles. The van der Waals surface area contributed by atoms with Gasteiger partial charge in [0.05, 0.1) is 0 Å². The van der Waals surface area contributed by atoms with Crippen molar-refractivity contribution in [2.75, 3.05) is 33.7 Å². The summed E-state index contributed by atoms with van der Waals surface area (Å²) in [7, 11) is -0.0781. The van der Waals surface area contributed by atoms with E-state index in [1.807, 2.05) is 0 Å². The monoisotopic (exact) mass is 365 g/mol. The second kappa shape index (κ2) is 7.35. The smallest absolute Gasteiger partial charge is 0.281 e. The van der Waals surface area contributed by atoms with E-state index < -0.39 is 10.2 Å². The van der Waals surface area contributed by atoms with Gasteiger partial charge in [0.1, 0.15) is 0 Å². The lowest BCUT2D eigenvalue weighted by atomic mass is 9.94. The van der Waals surface area contributed by atoms with Crippen LogP contribution in [0.2, 0.25) is 0 Å². The summed E-state index contributed by atoms with van der Waals surface area (Å²) < 4.78 is 28.1. The molecule has 0 aromatic heterocycles. The average molecular weight is 366 g/mol. The first-order valence-corrected chi connectivity index (χ1v) is 10.7. The molecule has 0 N–H and O–H groups in total. The Hall–Kier alpha value is -0.950. The van der Waals surface area contributed by atoms with Gasteiger partial charge in [-0.2, -0.15) is 17.0 Å². The van der Waals surface area contributed by atoms with Gasteiger partial charge in [0, 0.05) is 46.3 Å². The normalized spacial score (nSPS) is 25.7. The van der Waals surface area contributed by atoms with Crippen molar-refractivity contribution in [2.24, 2.45) is 5.92 Å². The highest BCUT2D eigenvalue weighted by Crippen LogP contribution is 2.31. The molecular formula is C19H31N3O2S. The van der Waals surface area contributed by atoms with Crippen LogP contribution in [-0.4, -0.2) is 61.7 Å². The van der Waals surface area contributed by atoms with Gasteiger partial charge < -0.3 is 0 Å². The van der Waals surface area contributed by atoms with Crippen LogP contribution < -0.4 is 0 Å². The molecule has 3 saturated heterocycles. The van der Waals surface area contributed by atoms with Crippen LogP contribution in [0, 0.1) is 5.92 Å². The molecule has 0 amide bonds. The van der Waals surface area contributed by atoms with E-state index in [-0.39, 0.29) is 0 Å². The van der Waals surface area contributed by atoms with E-state index in [4.69, 9.17) is 0 Å². The summed E-state index contributed by atoms with van der Waals surface area (Å²) in [6.45, 7) is 7.59. The van der Waals surface area contributed by atoms with Gasteiger partial charge in [-0.25, -0.2) is 0 Å². The number of rotatable bonds is 5. The first kappa shape index (κ1) is 18.8. The van der Waals surface area contributed by atoms with Crippen molar-refractivity contribution in [3.8, 4) is 0 Å². The molecule has 2 atom stereocenters. The van der Waals surface area contributed by atoms with Crippen LogP contribution in [0.1, 0.15) is 43.7 Å². The summed E-state index contributed by atoms with van der Waals surface area (Å²) in [5.74, 6) is 0.983. The summed E-state index contributed by atoms with van der Waals surface area (Å²) in [6.07, 6.45) is 2.22. The van der Waals surface area contributed by atoms with Gasteiger partial charge in [-0.3, -0.25) is 4.90 Å². The van der Waals surface area contributed by atoms with E-state index in [0.717, 1.165) is 25.9 Å². The summed E-state index contributed by atoms with van der Waals surface area (Å²) in [5.41, 5.74) is 2.68. The highest BCUT2D eigenvalue weighted by Gasteiger charge is 2.39. The minimum Gasteiger partial charge on any atom is -0.294 e. The lowest BCUT2D eigenvalue weighted by molar-refractivity contribution is 0.125. The van der Waals surface area contributed by atoms with E-state index >= 15 is 0 Å². The Balaban J connectivity index is 1.72. The number of hydrogen-bond acceptors (Lipinski definition) is 3. The Morgan fingerprint density at radius 1 is 1.08 bits per heavy atom. The fraction of sp³-hybridized carbons (Fsp3) is 0.684. The third-order valence-corrected chi connectivity index (χ3v) is 7.49. The minimum atomic E-state index is -3.32. The van der Waals surface area contributed by atoms with Crippen molar-refractivity contribution in [3.05, 3.63) is 35.4 Å². The molecule has 1 aromatic rings. The fourth-order valence-corrected chi connectivity index (χ4v) is 5.21. The zero-order valence-corrected chi connectivity index (χ0v) is 16.7. The molecular weight excluding hydrogens is 334 g/mol. The molecule has 140 valence electrons. The van der Waals surface area contributed by atoms with E-state index in [9.17, 15) is 8.42 Å². The van der Waals surface area contributed by atoms with Crippen LogP contribution in [0.4, 0.5) is 0 Å². The third kappa shape index (κ3) is 4.08. The Morgan fingerprint density at radius 2 is 1.76 bits per heavy atom. The molecule has 2 bridgehead atoms. The standard InChI is InChI=1S/C19H31N3O2S/c1-15(2)18-8-5-16(6-9-18)11-21-12-17-7-10-19(21)14-22(13-17)25(23,24)20(3)4/h5-6,8-9,15,17,19H,7,10-14H2,1-4H3/t17-,19-/m1/s1. The molecule has 4 rings (SSSR count). The summed E-state index contributed by atoms with van der Waals surface area (Å²) in [4.78, 5) is 2.49. The molecule has 3 aliphatic heterocycles. The summed E-state index contributed by atoms with van der Waals surface area (Å²) in [5, 5.41) is 0. The van der Waals surface area contributed by atoms with E-state index in [1.54, 1.807) is 18.4 Å². The summed E-state index contributed by atoms with van der Waals surface area (Å²) in [6, 6.07) is 9.21. The predicted octanol–water partition coefficient (Wildman–Crippen LogP) is 2.51. The van der Waals surface area contributed by atoms with Crippen molar-refractivity contribution in [1.82, 2.24) is 13.5 Å². The lowest BCUT2D eigenvalue weighted by Gasteiger charge is -2.36. The van der Waals surface area contributed by atoms with Crippen molar-refractivity contribution >= 4 is 10.2 Å². The van der Waals surface area contributed by atoms with Crippen LogP contribution in [-0.2, 0) is 16.8 Å². The third-order valence-electron chi connectivity index (χ3n) is 5.61. The number of nitrogens with zero attached hydrogens (tertiary/aromatic N) is 3. The van der Waals surface area contributed by atoms with Gasteiger partial charge in [0.25, 0.3) is 10.2 Å². The number of benzene rings is 1. The fourth-order valence-electron chi connectivity index (χ4n) is 3.99. The van der Waals surface area contributed by atoms with Crippen LogP contribution in [0.3, 0.4) is 0 Å². The maximum atomic E-state index is 12.6. The molecule has 6 heteroatoms. The molecule has 25 heavy (non-hydrogen) atoms. The van der Waals surface area contributed by atoms with Gasteiger partial charge in [0.15, 0.2) is 0 Å². The number of hydrogen-bond donors (Lipinski definition) is 0. The average Bonchev–Trinajstić information content (AvgIpc) is 2.87. The molecule has 0 spiro atoms. The highest BCUT2D eigenvalue weighted by atomic mass is 32.2. The van der Waals surface area contributed by atoms with Crippen molar-refractivity contribution < 1.29 is 8.42 Å². The van der Waals surface area contributed by atoms with Crippen LogP contribution in [0.25, 0.3) is 0 Å². The van der Waals surface area contributed by atoms with Crippen molar-refractivity contribution in [2.45, 2.75) is 45.2 Å². The maximum absolute atomic E-state index is 12.6.